The fourth-order valence-corrected chi connectivity index (χ4v) is 4.74. The summed E-state index contributed by atoms with van der Waals surface area (Å²) >= 11 is 0. The minimum atomic E-state index is -0.386. The first-order valence-electron chi connectivity index (χ1n) is 10.4. The Morgan fingerprint density at radius 3 is 2.75 bits per heavy atom. The molecule has 4 nitrogen and oxygen atoms in total. The van der Waals surface area contributed by atoms with Gasteiger partial charge in [-0.15, -0.1) is 0 Å². The number of ether oxygens (including phenoxy) is 2. The van der Waals surface area contributed by atoms with Crippen LogP contribution in [-0.4, -0.2) is 31.0 Å². The van der Waals surface area contributed by atoms with Gasteiger partial charge in [0.1, 0.15) is 11.5 Å². The van der Waals surface area contributed by atoms with Gasteiger partial charge in [0.2, 0.25) is 0 Å². The van der Waals surface area contributed by atoms with Crippen LogP contribution < -0.4 is 15.2 Å². The van der Waals surface area contributed by atoms with Crippen LogP contribution >= 0.6 is 0 Å². The summed E-state index contributed by atoms with van der Waals surface area (Å²) in [6.07, 6.45) is 6.21. The van der Waals surface area contributed by atoms with Gasteiger partial charge in [-0.1, -0.05) is 24.3 Å². The first kappa shape index (κ1) is 19.3. The lowest BCUT2D eigenvalue weighted by Crippen LogP contribution is -2.40. The van der Waals surface area contributed by atoms with Crippen molar-refractivity contribution in [2.75, 3.05) is 20.3 Å². The summed E-state index contributed by atoms with van der Waals surface area (Å²) in [5.41, 5.74) is 10.2. The Kier molecular flexibility index (Phi) is 5.61. The molecule has 2 aliphatic rings. The zero-order valence-electron chi connectivity index (χ0n) is 16.7. The maximum atomic E-state index is 9.53. The first-order valence-corrected chi connectivity index (χ1v) is 10.4. The van der Waals surface area contributed by atoms with Gasteiger partial charge in [-0.25, -0.2) is 0 Å². The molecule has 0 aliphatic heterocycles. The normalized spacial score (nSPS) is 26.7. The van der Waals surface area contributed by atoms with Crippen molar-refractivity contribution >= 4 is 0 Å². The van der Waals surface area contributed by atoms with Gasteiger partial charge in [0.05, 0.1) is 20.3 Å². The van der Waals surface area contributed by atoms with Crippen molar-refractivity contribution < 1.29 is 14.6 Å². The molecule has 0 amide bonds. The van der Waals surface area contributed by atoms with Crippen molar-refractivity contribution in [2.45, 2.75) is 50.0 Å². The molecule has 2 aromatic carbocycles. The third kappa shape index (κ3) is 4.18. The molecular formula is C24H31NO3. The molecule has 0 radical (unpaired) electrons. The van der Waals surface area contributed by atoms with Crippen LogP contribution in [0, 0.1) is 5.92 Å². The SMILES string of the molecule is COc1cccc(OCC2CCc3cc([C@@H]4CC[C@](N)(CO)C4)ccc3C2)c1. The van der Waals surface area contributed by atoms with Gasteiger partial charge in [0.25, 0.3) is 0 Å². The second-order valence-corrected chi connectivity index (χ2v) is 8.59. The van der Waals surface area contributed by atoms with Crippen molar-refractivity contribution in [2.24, 2.45) is 11.7 Å². The van der Waals surface area contributed by atoms with Crippen LogP contribution in [0.2, 0.25) is 0 Å². The fourth-order valence-electron chi connectivity index (χ4n) is 4.74. The zero-order chi connectivity index (χ0) is 19.6. The van der Waals surface area contributed by atoms with E-state index in [2.05, 4.69) is 18.2 Å². The number of hydrogen-bond donors (Lipinski definition) is 2. The van der Waals surface area contributed by atoms with Crippen LogP contribution in [0.1, 0.15) is 48.3 Å². The van der Waals surface area contributed by atoms with Crippen molar-refractivity contribution in [1.82, 2.24) is 0 Å². The second-order valence-electron chi connectivity index (χ2n) is 8.59. The molecule has 1 unspecified atom stereocenters. The molecule has 28 heavy (non-hydrogen) atoms. The third-order valence-electron chi connectivity index (χ3n) is 6.52. The summed E-state index contributed by atoms with van der Waals surface area (Å²) in [5, 5.41) is 9.53. The molecule has 2 aliphatic carbocycles. The van der Waals surface area contributed by atoms with E-state index >= 15 is 0 Å². The summed E-state index contributed by atoms with van der Waals surface area (Å²) in [6.45, 7) is 0.826. The number of hydrogen-bond acceptors (Lipinski definition) is 4. The third-order valence-corrected chi connectivity index (χ3v) is 6.52. The molecule has 0 aromatic heterocycles. The van der Waals surface area contributed by atoms with Gasteiger partial charge in [0.15, 0.2) is 0 Å². The summed E-state index contributed by atoms with van der Waals surface area (Å²) < 4.78 is 11.3. The summed E-state index contributed by atoms with van der Waals surface area (Å²) in [4.78, 5) is 0. The topological polar surface area (TPSA) is 64.7 Å². The Labute approximate surface area is 167 Å². The van der Waals surface area contributed by atoms with Crippen LogP contribution in [0.5, 0.6) is 11.5 Å². The van der Waals surface area contributed by atoms with E-state index in [4.69, 9.17) is 15.2 Å². The van der Waals surface area contributed by atoms with E-state index < -0.39 is 0 Å². The van der Waals surface area contributed by atoms with Gasteiger partial charge in [0, 0.05) is 11.6 Å². The van der Waals surface area contributed by atoms with Crippen LogP contribution in [0.25, 0.3) is 0 Å². The van der Waals surface area contributed by atoms with Crippen LogP contribution in [-0.2, 0) is 12.8 Å². The lowest BCUT2D eigenvalue weighted by Gasteiger charge is -2.26. The molecule has 0 spiro atoms. The van der Waals surface area contributed by atoms with Crippen LogP contribution in [0.3, 0.4) is 0 Å². The quantitative estimate of drug-likeness (QED) is 0.798. The predicted octanol–water partition coefficient (Wildman–Crippen LogP) is 3.84. The fraction of sp³-hybridized carbons (Fsp3) is 0.500. The Bertz CT molecular complexity index is 821. The number of aliphatic hydroxyl groups is 1. The number of aryl methyl sites for hydroxylation is 1. The number of fused-ring (bicyclic) bond motifs is 1. The number of methoxy groups -OCH3 is 1. The monoisotopic (exact) mass is 381 g/mol. The van der Waals surface area contributed by atoms with Crippen molar-refractivity contribution in [1.29, 1.82) is 0 Å². The van der Waals surface area contributed by atoms with E-state index in [1.165, 1.54) is 16.7 Å². The summed E-state index contributed by atoms with van der Waals surface area (Å²) in [5.74, 6) is 2.73. The van der Waals surface area contributed by atoms with E-state index in [9.17, 15) is 5.11 Å². The highest BCUT2D eigenvalue weighted by Gasteiger charge is 2.36. The first-order chi connectivity index (χ1) is 13.6. The molecule has 3 N–H and O–H groups in total. The molecule has 0 bridgehead atoms. The molecule has 4 heteroatoms. The Hall–Kier alpha value is -2.04. The number of nitrogens with two attached hydrogens (primary N) is 1. The van der Waals surface area contributed by atoms with Crippen molar-refractivity contribution in [3.63, 3.8) is 0 Å². The van der Waals surface area contributed by atoms with E-state index in [0.29, 0.717) is 11.8 Å². The van der Waals surface area contributed by atoms with Crippen LogP contribution in [0.15, 0.2) is 42.5 Å². The summed E-state index contributed by atoms with van der Waals surface area (Å²) in [6, 6.07) is 14.8. The molecule has 4 rings (SSSR count). The van der Waals surface area contributed by atoms with E-state index in [1.807, 2.05) is 24.3 Å². The average Bonchev–Trinajstić information content (AvgIpc) is 3.14. The smallest absolute Gasteiger partial charge is 0.122 e. The Morgan fingerprint density at radius 2 is 1.96 bits per heavy atom. The largest absolute Gasteiger partial charge is 0.497 e. The molecule has 1 fully saturated rings. The van der Waals surface area contributed by atoms with Crippen LogP contribution in [0.4, 0.5) is 0 Å². The van der Waals surface area contributed by atoms with Gasteiger partial charge >= 0.3 is 0 Å². The van der Waals surface area contributed by atoms with Crippen molar-refractivity contribution in [3.8, 4) is 11.5 Å². The molecule has 3 atom stereocenters. The lowest BCUT2D eigenvalue weighted by molar-refractivity contribution is 0.198. The van der Waals surface area contributed by atoms with Gasteiger partial charge in [-0.2, -0.15) is 0 Å². The predicted molar refractivity (Wildman–Crippen MR) is 111 cm³/mol. The van der Waals surface area contributed by atoms with E-state index in [-0.39, 0.29) is 12.1 Å². The van der Waals surface area contributed by atoms with E-state index in [0.717, 1.165) is 56.6 Å². The number of benzene rings is 2. The highest BCUT2D eigenvalue weighted by Crippen LogP contribution is 2.40. The molecular weight excluding hydrogens is 350 g/mol. The second kappa shape index (κ2) is 8.14. The van der Waals surface area contributed by atoms with Gasteiger partial charge in [-0.05, 0) is 79.2 Å². The number of rotatable bonds is 6. The summed E-state index contributed by atoms with van der Waals surface area (Å²) in [7, 11) is 1.67. The highest BCUT2D eigenvalue weighted by molar-refractivity contribution is 5.37. The molecule has 1 saturated carbocycles. The van der Waals surface area contributed by atoms with Crippen molar-refractivity contribution in [3.05, 3.63) is 59.2 Å². The standard InChI is InChI=1S/C24H31NO3/c1-27-22-3-2-4-23(13-22)28-15-17-5-6-19-12-20(8-7-18(19)11-17)21-9-10-24(25,14-21)16-26/h2-4,7-8,12-13,17,21,26H,5-6,9-11,14-16,25H2,1H3/t17?,21-,24-/m1/s1. The Morgan fingerprint density at radius 1 is 1.11 bits per heavy atom. The van der Waals surface area contributed by atoms with Gasteiger partial charge < -0.3 is 20.3 Å². The average molecular weight is 382 g/mol. The zero-order valence-corrected chi connectivity index (χ0v) is 16.7. The molecule has 0 saturated heterocycles. The maximum Gasteiger partial charge on any atom is 0.122 e. The van der Waals surface area contributed by atoms with E-state index in [1.54, 1.807) is 7.11 Å². The minimum Gasteiger partial charge on any atom is -0.497 e. The number of aliphatic hydroxyl groups excluding tert-OH is 1. The molecule has 0 heterocycles. The highest BCUT2D eigenvalue weighted by atomic mass is 16.5. The molecule has 150 valence electrons. The Balaban J connectivity index is 1.37. The maximum absolute atomic E-state index is 9.53. The minimum absolute atomic E-state index is 0.0867. The lowest BCUT2D eigenvalue weighted by atomic mass is 9.82. The van der Waals surface area contributed by atoms with Gasteiger partial charge in [-0.3, -0.25) is 0 Å². The molecule has 2 aromatic rings.